The summed E-state index contributed by atoms with van der Waals surface area (Å²) in [6, 6.07) is 16.7. The molecule has 0 bridgehead atoms. The maximum Gasteiger partial charge on any atom is 0.170 e. The van der Waals surface area contributed by atoms with Crippen molar-refractivity contribution in [1.29, 1.82) is 0 Å². The fourth-order valence-electron chi connectivity index (χ4n) is 2.45. The number of anilines is 2. The molecule has 0 atom stereocenters. The molecule has 3 nitrogen and oxygen atoms in total. The van der Waals surface area contributed by atoms with Gasteiger partial charge in [-0.2, -0.15) is 0 Å². The van der Waals surface area contributed by atoms with Crippen LogP contribution in [-0.4, -0.2) is 25.2 Å². The number of benzene rings is 2. The molecule has 0 spiro atoms. The van der Waals surface area contributed by atoms with Crippen molar-refractivity contribution in [3.05, 3.63) is 59.7 Å². The molecule has 0 fully saturated rings. The molecule has 0 unspecified atom stereocenters. The second kappa shape index (κ2) is 8.53. The molecule has 0 aliphatic carbocycles. The number of para-hydroxylation sites is 1. The first-order valence-corrected chi connectivity index (χ1v) is 8.35. The topological polar surface area (TPSA) is 27.3 Å². The molecule has 4 heteroatoms. The number of nitrogens with one attached hydrogen (secondary N) is 2. The van der Waals surface area contributed by atoms with E-state index in [0.717, 1.165) is 25.2 Å². The van der Waals surface area contributed by atoms with Gasteiger partial charge in [-0.15, -0.1) is 0 Å². The van der Waals surface area contributed by atoms with Crippen molar-refractivity contribution in [2.45, 2.75) is 20.3 Å². The summed E-state index contributed by atoms with van der Waals surface area (Å²) < 4.78 is 0. The molecular formula is C19H25N3S. The van der Waals surface area contributed by atoms with E-state index >= 15 is 0 Å². The Bertz CT molecular complexity index is 640. The zero-order valence-corrected chi connectivity index (χ0v) is 14.9. The zero-order chi connectivity index (χ0) is 16.7. The van der Waals surface area contributed by atoms with Crippen LogP contribution in [0.4, 0.5) is 11.4 Å². The van der Waals surface area contributed by atoms with Crippen LogP contribution in [0.25, 0.3) is 0 Å². The van der Waals surface area contributed by atoms with Gasteiger partial charge in [-0.05, 0) is 56.2 Å². The van der Waals surface area contributed by atoms with Crippen LogP contribution >= 0.6 is 12.2 Å². The lowest BCUT2D eigenvalue weighted by molar-refractivity contribution is 0.755. The van der Waals surface area contributed by atoms with Gasteiger partial charge in [0.1, 0.15) is 0 Å². The van der Waals surface area contributed by atoms with Crippen molar-refractivity contribution in [3.63, 3.8) is 0 Å². The van der Waals surface area contributed by atoms with Crippen LogP contribution in [0.2, 0.25) is 0 Å². The van der Waals surface area contributed by atoms with Gasteiger partial charge >= 0.3 is 0 Å². The quantitative estimate of drug-likeness (QED) is 0.616. The number of hydrogen-bond donors (Lipinski definition) is 2. The van der Waals surface area contributed by atoms with E-state index < -0.39 is 0 Å². The second-order valence-corrected chi connectivity index (χ2v) is 6.22. The number of aryl methyl sites for hydroxylation is 2. The largest absolute Gasteiger partial charge is 0.375 e. The Labute approximate surface area is 144 Å². The van der Waals surface area contributed by atoms with Crippen molar-refractivity contribution >= 4 is 28.7 Å². The summed E-state index contributed by atoms with van der Waals surface area (Å²) in [6.45, 7) is 6.03. The van der Waals surface area contributed by atoms with Gasteiger partial charge in [0.25, 0.3) is 0 Å². The van der Waals surface area contributed by atoms with E-state index in [0.29, 0.717) is 5.11 Å². The first-order chi connectivity index (χ1) is 11.1. The normalized spacial score (nSPS) is 10.2. The summed E-state index contributed by atoms with van der Waals surface area (Å²) in [5, 5.41) is 7.22. The number of rotatable bonds is 6. The Hall–Kier alpha value is -2.07. The van der Waals surface area contributed by atoms with E-state index in [2.05, 4.69) is 78.9 Å². The third-order valence-corrected chi connectivity index (χ3v) is 4.03. The summed E-state index contributed by atoms with van der Waals surface area (Å²) in [6.07, 6.45) is 1.03. The van der Waals surface area contributed by atoms with Gasteiger partial charge in [-0.25, -0.2) is 0 Å². The zero-order valence-electron chi connectivity index (χ0n) is 14.1. The van der Waals surface area contributed by atoms with Crippen LogP contribution in [0.15, 0.2) is 48.5 Å². The van der Waals surface area contributed by atoms with Crippen molar-refractivity contribution in [2.24, 2.45) is 0 Å². The van der Waals surface area contributed by atoms with E-state index in [1.807, 2.05) is 6.07 Å². The van der Waals surface area contributed by atoms with Gasteiger partial charge in [-0.3, -0.25) is 0 Å². The summed E-state index contributed by atoms with van der Waals surface area (Å²) in [5.41, 5.74) is 4.77. The van der Waals surface area contributed by atoms with Crippen LogP contribution in [-0.2, 0) is 0 Å². The summed E-state index contributed by atoms with van der Waals surface area (Å²) >= 11 is 5.37. The van der Waals surface area contributed by atoms with E-state index in [4.69, 9.17) is 12.2 Å². The molecule has 2 aromatic rings. The molecule has 0 aliphatic rings. The molecule has 2 N–H and O–H groups in total. The first-order valence-electron chi connectivity index (χ1n) is 7.94. The molecule has 0 heterocycles. The third-order valence-electron chi connectivity index (χ3n) is 3.78. The summed E-state index contributed by atoms with van der Waals surface area (Å²) in [7, 11) is 2.11. The minimum atomic E-state index is 0.680. The minimum absolute atomic E-state index is 0.680. The first kappa shape index (κ1) is 17.3. The highest BCUT2D eigenvalue weighted by Crippen LogP contribution is 2.15. The molecule has 2 aromatic carbocycles. The third kappa shape index (κ3) is 5.57. The van der Waals surface area contributed by atoms with Crippen molar-refractivity contribution < 1.29 is 0 Å². The Morgan fingerprint density at radius 1 is 1.09 bits per heavy atom. The predicted molar refractivity (Wildman–Crippen MR) is 104 cm³/mol. The lowest BCUT2D eigenvalue weighted by atomic mass is 10.1. The molecule has 0 amide bonds. The van der Waals surface area contributed by atoms with E-state index in [-0.39, 0.29) is 0 Å². The van der Waals surface area contributed by atoms with Gasteiger partial charge in [0.2, 0.25) is 0 Å². The number of nitrogens with zero attached hydrogens (tertiary/aromatic N) is 1. The molecular weight excluding hydrogens is 302 g/mol. The minimum Gasteiger partial charge on any atom is -0.375 e. The summed E-state index contributed by atoms with van der Waals surface area (Å²) in [5.74, 6) is 0. The average Bonchev–Trinajstić information content (AvgIpc) is 2.55. The maximum atomic E-state index is 5.37. The number of hydrogen-bond acceptors (Lipinski definition) is 2. The van der Waals surface area contributed by atoms with Gasteiger partial charge in [0, 0.05) is 31.5 Å². The highest BCUT2D eigenvalue weighted by molar-refractivity contribution is 7.80. The monoisotopic (exact) mass is 327 g/mol. The van der Waals surface area contributed by atoms with E-state index in [9.17, 15) is 0 Å². The highest BCUT2D eigenvalue weighted by Gasteiger charge is 2.02. The van der Waals surface area contributed by atoms with Gasteiger partial charge in [0.05, 0.1) is 0 Å². The molecule has 0 aromatic heterocycles. The van der Waals surface area contributed by atoms with Gasteiger partial charge in [0.15, 0.2) is 5.11 Å². The average molecular weight is 327 g/mol. The highest BCUT2D eigenvalue weighted by atomic mass is 32.1. The Morgan fingerprint density at radius 2 is 1.83 bits per heavy atom. The molecule has 0 saturated heterocycles. The Kier molecular flexibility index (Phi) is 6.41. The molecule has 0 aliphatic heterocycles. The van der Waals surface area contributed by atoms with E-state index in [1.54, 1.807) is 0 Å². The molecule has 0 saturated carbocycles. The van der Waals surface area contributed by atoms with Crippen molar-refractivity contribution in [3.8, 4) is 0 Å². The fourth-order valence-corrected chi connectivity index (χ4v) is 2.66. The van der Waals surface area contributed by atoms with E-state index in [1.165, 1.54) is 16.8 Å². The molecule has 0 radical (unpaired) electrons. The standard InChI is InChI=1S/C19H25N3S/c1-15-10-11-18(16(2)14-15)21-19(23)20-12-7-13-22(3)17-8-5-4-6-9-17/h4-6,8-11,14H,7,12-13H2,1-3H3,(H2,20,21,23). The summed E-state index contributed by atoms with van der Waals surface area (Å²) in [4.78, 5) is 2.25. The Balaban J connectivity index is 1.71. The number of thiocarbonyl (C=S) groups is 1. The molecule has 2 rings (SSSR count). The smallest absolute Gasteiger partial charge is 0.170 e. The van der Waals surface area contributed by atoms with Crippen LogP contribution in [0.1, 0.15) is 17.5 Å². The lowest BCUT2D eigenvalue weighted by Gasteiger charge is -2.19. The van der Waals surface area contributed by atoms with Crippen LogP contribution in [0.3, 0.4) is 0 Å². The van der Waals surface area contributed by atoms with Crippen LogP contribution < -0.4 is 15.5 Å². The molecule has 122 valence electrons. The SMILES string of the molecule is Cc1ccc(NC(=S)NCCCN(C)c2ccccc2)c(C)c1. The lowest BCUT2D eigenvalue weighted by Crippen LogP contribution is -2.31. The Morgan fingerprint density at radius 3 is 2.52 bits per heavy atom. The second-order valence-electron chi connectivity index (χ2n) is 5.81. The van der Waals surface area contributed by atoms with Crippen LogP contribution in [0.5, 0.6) is 0 Å². The van der Waals surface area contributed by atoms with Gasteiger partial charge < -0.3 is 15.5 Å². The van der Waals surface area contributed by atoms with Crippen molar-refractivity contribution in [1.82, 2.24) is 5.32 Å². The van der Waals surface area contributed by atoms with Crippen LogP contribution in [0, 0.1) is 13.8 Å². The maximum absolute atomic E-state index is 5.37. The fraction of sp³-hybridized carbons (Fsp3) is 0.316. The predicted octanol–water partition coefficient (Wildman–Crippen LogP) is 4.12. The van der Waals surface area contributed by atoms with Crippen molar-refractivity contribution in [2.75, 3.05) is 30.4 Å². The van der Waals surface area contributed by atoms with Gasteiger partial charge in [-0.1, -0.05) is 35.9 Å². The molecule has 23 heavy (non-hydrogen) atoms.